The van der Waals surface area contributed by atoms with Crippen LogP contribution in [0.15, 0.2) is 30.3 Å². The molecule has 0 radical (unpaired) electrons. The summed E-state index contributed by atoms with van der Waals surface area (Å²) in [5.41, 5.74) is 7.93. The van der Waals surface area contributed by atoms with Crippen LogP contribution in [0, 0.1) is 16.7 Å². The number of carbonyl (C=O) groups excluding carboxylic acids is 1. The van der Waals surface area contributed by atoms with Crippen molar-refractivity contribution in [3.63, 3.8) is 0 Å². The Balaban J connectivity index is 1.50. The van der Waals surface area contributed by atoms with E-state index in [0.29, 0.717) is 5.91 Å². The molecule has 0 aromatic heterocycles. The van der Waals surface area contributed by atoms with Crippen molar-refractivity contribution in [3.8, 4) is 0 Å². The largest absolute Gasteiger partial charge is 0.342 e. The second-order valence-electron chi connectivity index (χ2n) is 10.1. The highest BCUT2D eigenvalue weighted by Crippen LogP contribution is 2.76. The molecule has 2 N–H and O–H groups in total. The quantitative estimate of drug-likeness (QED) is 0.878. The van der Waals surface area contributed by atoms with Crippen LogP contribution < -0.4 is 5.73 Å². The van der Waals surface area contributed by atoms with Gasteiger partial charge in [-0.2, -0.15) is 0 Å². The molecule has 1 heterocycles. The molecule has 1 aliphatic heterocycles. The molecular weight excluding hydrogens is 320 g/mol. The Kier molecular flexibility index (Phi) is 3.60. The molecule has 5 aliphatic rings. The molecule has 1 saturated heterocycles. The van der Waals surface area contributed by atoms with Crippen LogP contribution in [0.2, 0.25) is 0 Å². The fourth-order valence-corrected chi connectivity index (χ4v) is 7.56. The number of nitrogens with two attached hydrogens (primary N) is 1. The van der Waals surface area contributed by atoms with Crippen LogP contribution in [-0.4, -0.2) is 29.9 Å². The van der Waals surface area contributed by atoms with E-state index in [1.54, 1.807) is 0 Å². The summed E-state index contributed by atoms with van der Waals surface area (Å²) in [5, 5.41) is 0. The van der Waals surface area contributed by atoms with Gasteiger partial charge in [0.05, 0.1) is 5.41 Å². The number of rotatable bonds is 2. The summed E-state index contributed by atoms with van der Waals surface area (Å²) >= 11 is 0. The highest BCUT2D eigenvalue weighted by Gasteiger charge is 2.73. The molecular formula is C23H32N2O. The maximum Gasteiger partial charge on any atom is 0.229 e. The summed E-state index contributed by atoms with van der Waals surface area (Å²) in [5.74, 6) is 1.19. The molecule has 0 spiro atoms. The van der Waals surface area contributed by atoms with Crippen LogP contribution in [0.3, 0.4) is 0 Å². The van der Waals surface area contributed by atoms with Gasteiger partial charge in [0.1, 0.15) is 0 Å². The van der Waals surface area contributed by atoms with Crippen molar-refractivity contribution in [2.24, 2.45) is 22.5 Å². The van der Waals surface area contributed by atoms with Crippen molar-refractivity contribution in [1.82, 2.24) is 4.90 Å². The standard InChI is InChI=1S/C23H32N2O/c1-21-12-17-13-22(15-21,18-6-3-2-4-7-18)16-23(21,14-17)20(26)25-10-5-8-19(24)9-11-25/h2-4,6-7,17,19H,5,8-16,24H2,1H3. The minimum Gasteiger partial charge on any atom is -0.342 e. The van der Waals surface area contributed by atoms with Gasteiger partial charge in [-0.3, -0.25) is 4.79 Å². The third-order valence-electron chi connectivity index (χ3n) is 8.44. The summed E-state index contributed by atoms with van der Waals surface area (Å²) in [6.45, 7) is 4.20. The van der Waals surface area contributed by atoms with E-state index in [2.05, 4.69) is 42.2 Å². The second kappa shape index (κ2) is 5.58. The molecule has 26 heavy (non-hydrogen) atoms. The van der Waals surface area contributed by atoms with Crippen molar-refractivity contribution in [1.29, 1.82) is 0 Å². The lowest BCUT2D eigenvalue weighted by Crippen LogP contribution is -2.49. The SMILES string of the molecule is CC12CC3CC(c4ccccc4)(C1)CC2(C(=O)N1CCCC(N)CC1)C3. The van der Waals surface area contributed by atoms with Gasteiger partial charge >= 0.3 is 0 Å². The summed E-state index contributed by atoms with van der Waals surface area (Å²) in [6, 6.07) is 11.3. The molecule has 5 unspecified atom stereocenters. The van der Waals surface area contributed by atoms with E-state index in [0.717, 1.165) is 51.1 Å². The molecule has 140 valence electrons. The average molecular weight is 353 g/mol. The minimum atomic E-state index is -0.125. The van der Waals surface area contributed by atoms with Gasteiger partial charge in [0, 0.05) is 19.1 Å². The molecule has 5 atom stereocenters. The number of hydrogen-bond donors (Lipinski definition) is 1. The first kappa shape index (κ1) is 16.8. The lowest BCUT2D eigenvalue weighted by molar-refractivity contribution is -0.147. The Morgan fingerprint density at radius 2 is 1.88 bits per heavy atom. The van der Waals surface area contributed by atoms with Gasteiger partial charge in [0.2, 0.25) is 5.91 Å². The fraction of sp³-hybridized carbons (Fsp3) is 0.696. The van der Waals surface area contributed by atoms with E-state index < -0.39 is 0 Å². The van der Waals surface area contributed by atoms with Gasteiger partial charge in [-0.25, -0.2) is 0 Å². The smallest absolute Gasteiger partial charge is 0.229 e. The van der Waals surface area contributed by atoms with Gasteiger partial charge in [-0.05, 0) is 73.7 Å². The summed E-state index contributed by atoms with van der Waals surface area (Å²) in [4.78, 5) is 16.1. The van der Waals surface area contributed by atoms with E-state index in [1.165, 1.54) is 24.8 Å². The number of benzene rings is 1. The van der Waals surface area contributed by atoms with Crippen molar-refractivity contribution < 1.29 is 4.79 Å². The first-order chi connectivity index (χ1) is 12.5. The van der Waals surface area contributed by atoms with Crippen LogP contribution >= 0.6 is 0 Å². The fourth-order valence-electron chi connectivity index (χ4n) is 7.56. The number of amides is 1. The van der Waals surface area contributed by atoms with Crippen molar-refractivity contribution in [3.05, 3.63) is 35.9 Å². The third kappa shape index (κ3) is 2.19. The highest BCUT2D eigenvalue weighted by molar-refractivity contribution is 5.85. The average Bonchev–Trinajstić information content (AvgIpc) is 2.83. The molecule has 4 saturated carbocycles. The third-order valence-corrected chi connectivity index (χ3v) is 8.44. The maximum atomic E-state index is 13.9. The van der Waals surface area contributed by atoms with E-state index in [9.17, 15) is 4.79 Å². The Morgan fingerprint density at radius 1 is 1.08 bits per heavy atom. The Bertz CT molecular complexity index is 718. The molecule has 5 fully saturated rings. The van der Waals surface area contributed by atoms with Crippen molar-refractivity contribution in [2.75, 3.05) is 13.1 Å². The zero-order valence-electron chi connectivity index (χ0n) is 16.0. The Morgan fingerprint density at radius 3 is 2.69 bits per heavy atom. The van der Waals surface area contributed by atoms with E-state index >= 15 is 0 Å². The van der Waals surface area contributed by atoms with E-state index in [4.69, 9.17) is 5.73 Å². The van der Waals surface area contributed by atoms with Crippen LogP contribution in [0.5, 0.6) is 0 Å². The highest BCUT2D eigenvalue weighted by atomic mass is 16.2. The van der Waals surface area contributed by atoms with Crippen LogP contribution in [0.4, 0.5) is 0 Å². The molecule has 3 heteroatoms. The number of nitrogens with zero attached hydrogens (tertiary/aromatic N) is 1. The summed E-state index contributed by atoms with van der Waals surface area (Å²) in [6.07, 6.45) is 9.01. The van der Waals surface area contributed by atoms with Gasteiger partial charge < -0.3 is 10.6 Å². The van der Waals surface area contributed by atoms with Crippen molar-refractivity contribution in [2.45, 2.75) is 69.7 Å². The van der Waals surface area contributed by atoms with Gasteiger partial charge in [0.15, 0.2) is 0 Å². The Labute approximate surface area is 157 Å². The summed E-state index contributed by atoms with van der Waals surface area (Å²) < 4.78 is 0. The van der Waals surface area contributed by atoms with Gasteiger partial charge in [0.25, 0.3) is 0 Å². The monoisotopic (exact) mass is 352 g/mol. The summed E-state index contributed by atoms with van der Waals surface area (Å²) in [7, 11) is 0. The molecule has 4 aliphatic carbocycles. The molecule has 1 aromatic rings. The predicted octanol–water partition coefficient (Wildman–Crippen LogP) is 3.86. The number of likely N-dealkylation sites (tertiary alicyclic amines) is 1. The van der Waals surface area contributed by atoms with E-state index in [-0.39, 0.29) is 22.3 Å². The zero-order valence-corrected chi connectivity index (χ0v) is 16.0. The molecule has 1 aromatic carbocycles. The van der Waals surface area contributed by atoms with Gasteiger partial charge in [-0.15, -0.1) is 0 Å². The normalized spacial score (nSPS) is 44.3. The Hall–Kier alpha value is -1.35. The van der Waals surface area contributed by atoms with Crippen molar-refractivity contribution >= 4 is 5.91 Å². The number of hydrogen-bond acceptors (Lipinski definition) is 2. The predicted molar refractivity (Wildman–Crippen MR) is 104 cm³/mol. The zero-order chi connectivity index (χ0) is 18.0. The molecule has 3 nitrogen and oxygen atoms in total. The van der Waals surface area contributed by atoms with Gasteiger partial charge in [-0.1, -0.05) is 37.3 Å². The molecule has 1 amide bonds. The second-order valence-corrected chi connectivity index (χ2v) is 10.1. The van der Waals surface area contributed by atoms with Crippen LogP contribution in [0.1, 0.15) is 63.9 Å². The topological polar surface area (TPSA) is 46.3 Å². The molecule has 6 rings (SSSR count). The first-order valence-electron chi connectivity index (χ1n) is 10.6. The number of carbonyl (C=O) groups is 1. The maximum absolute atomic E-state index is 13.9. The molecule has 4 bridgehead atoms. The van der Waals surface area contributed by atoms with Crippen LogP contribution in [-0.2, 0) is 10.2 Å². The van der Waals surface area contributed by atoms with Crippen LogP contribution in [0.25, 0.3) is 0 Å². The van der Waals surface area contributed by atoms with E-state index in [1.807, 2.05) is 0 Å². The minimum absolute atomic E-state index is 0.125. The lowest BCUT2D eigenvalue weighted by atomic mass is 9.63. The first-order valence-corrected chi connectivity index (χ1v) is 10.6. The lowest BCUT2D eigenvalue weighted by Gasteiger charge is -2.42.